The van der Waals surface area contributed by atoms with Crippen LogP contribution in [0.4, 0.5) is 0 Å². The van der Waals surface area contributed by atoms with Gasteiger partial charge in [-0.3, -0.25) is 9.59 Å². The van der Waals surface area contributed by atoms with E-state index in [4.69, 9.17) is 9.97 Å². The monoisotopic (exact) mass is 538 g/mol. The number of allylic oxidation sites excluding steroid dienone is 4. The third-order valence-corrected chi connectivity index (χ3v) is 8.35. The zero-order chi connectivity index (χ0) is 28.9. The number of nitrogens with zero attached hydrogens (tertiary/aromatic N) is 2. The van der Waals surface area contributed by atoms with Gasteiger partial charge in [-0.05, 0) is 123 Å². The molecule has 0 saturated heterocycles. The molecule has 206 valence electrons. The van der Waals surface area contributed by atoms with E-state index in [0.717, 1.165) is 89.4 Å². The van der Waals surface area contributed by atoms with Gasteiger partial charge in [0.05, 0.1) is 22.8 Å². The van der Waals surface area contributed by atoms with Crippen molar-refractivity contribution >= 4 is 56.3 Å². The van der Waals surface area contributed by atoms with Crippen LogP contribution in [-0.4, -0.2) is 42.1 Å². The Kier molecular flexibility index (Phi) is 6.96. The number of aryl methyl sites for hydroxylation is 4. The maximum Gasteiger partial charge on any atom is 0.303 e. The predicted octanol–water partition coefficient (Wildman–Crippen LogP) is 6.87. The van der Waals surface area contributed by atoms with Crippen LogP contribution in [0.1, 0.15) is 85.6 Å². The van der Waals surface area contributed by atoms with E-state index in [1.165, 1.54) is 0 Å². The first-order valence-electron chi connectivity index (χ1n) is 13.5. The van der Waals surface area contributed by atoms with E-state index < -0.39 is 11.9 Å². The molecule has 0 unspecified atom stereocenters. The summed E-state index contributed by atoms with van der Waals surface area (Å²) in [6.45, 7) is 12.2. The Morgan fingerprint density at radius 3 is 1.27 bits per heavy atom. The van der Waals surface area contributed by atoms with Crippen molar-refractivity contribution in [3.63, 3.8) is 0 Å². The number of aromatic amines is 2. The fraction of sp³-hybridized carbons (Fsp3) is 0.312. The third-order valence-electron chi connectivity index (χ3n) is 8.35. The summed E-state index contributed by atoms with van der Waals surface area (Å²) in [4.78, 5) is 39.9. The van der Waals surface area contributed by atoms with Gasteiger partial charge >= 0.3 is 11.9 Å². The van der Waals surface area contributed by atoms with Crippen LogP contribution in [0, 0.1) is 13.8 Å². The smallest absolute Gasteiger partial charge is 0.303 e. The number of fused-ring (bicyclic) bond motifs is 8. The molecule has 40 heavy (non-hydrogen) atoms. The minimum atomic E-state index is -0.860. The average molecular weight is 539 g/mol. The summed E-state index contributed by atoms with van der Waals surface area (Å²) in [6.07, 6.45) is 0.737. The summed E-state index contributed by atoms with van der Waals surface area (Å²) < 4.78 is 0. The highest BCUT2D eigenvalue weighted by Gasteiger charge is 2.19. The maximum atomic E-state index is 11.5. The first-order valence-corrected chi connectivity index (χ1v) is 13.5. The zero-order valence-corrected chi connectivity index (χ0v) is 23.7. The lowest BCUT2D eigenvalue weighted by Gasteiger charge is -2.00. The summed E-state index contributed by atoms with van der Waals surface area (Å²) in [6, 6.07) is 8.06. The Hall–Kier alpha value is -4.46. The Balaban J connectivity index is 1.93. The van der Waals surface area contributed by atoms with Crippen LogP contribution >= 0.6 is 0 Å². The summed E-state index contributed by atoms with van der Waals surface area (Å²) in [7, 11) is 0. The number of H-pyrrole nitrogens is 2. The van der Waals surface area contributed by atoms with Crippen LogP contribution < -0.4 is 0 Å². The van der Waals surface area contributed by atoms with Gasteiger partial charge in [0.25, 0.3) is 0 Å². The van der Waals surface area contributed by atoms with Gasteiger partial charge in [0.2, 0.25) is 0 Å². The lowest BCUT2D eigenvalue weighted by Crippen LogP contribution is -1.98. The fourth-order valence-electron chi connectivity index (χ4n) is 5.47. The molecule has 3 aromatic rings. The molecule has 0 aromatic carbocycles. The quantitative estimate of drug-likeness (QED) is 0.271. The second kappa shape index (κ2) is 10.3. The topological polar surface area (TPSA) is 132 Å². The van der Waals surface area contributed by atoms with Crippen molar-refractivity contribution < 1.29 is 19.8 Å². The lowest BCUT2D eigenvalue weighted by atomic mass is 10.0. The van der Waals surface area contributed by atoms with Crippen molar-refractivity contribution in [2.45, 2.75) is 67.2 Å². The van der Waals surface area contributed by atoms with Crippen molar-refractivity contribution in [2.75, 3.05) is 0 Å². The van der Waals surface area contributed by atoms with Crippen molar-refractivity contribution in [1.82, 2.24) is 19.9 Å². The Labute approximate surface area is 232 Å². The predicted molar refractivity (Wildman–Crippen MR) is 159 cm³/mol. The molecule has 0 aliphatic carbocycles. The molecule has 0 amide bonds. The molecule has 3 aromatic heterocycles. The molecule has 4 N–H and O–H groups in total. The normalized spacial score (nSPS) is 13.3. The third kappa shape index (κ3) is 4.85. The van der Waals surface area contributed by atoms with Gasteiger partial charge in [-0.1, -0.05) is 0 Å². The molecule has 8 heteroatoms. The van der Waals surface area contributed by atoms with E-state index in [2.05, 4.69) is 37.7 Å². The number of aliphatic carboxylic acids is 2. The van der Waals surface area contributed by atoms with Gasteiger partial charge in [0, 0.05) is 34.9 Å². The van der Waals surface area contributed by atoms with Crippen molar-refractivity contribution in [3.05, 3.63) is 69.3 Å². The summed E-state index contributed by atoms with van der Waals surface area (Å²) >= 11 is 0. The number of hydrogen-bond acceptors (Lipinski definition) is 4. The molecule has 0 radical (unpaired) electrons. The van der Waals surface area contributed by atoms with Crippen LogP contribution in [0.25, 0.3) is 44.4 Å². The molecular formula is C32H34N4O4. The molecule has 0 atom stereocenters. The Morgan fingerprint density at radius 2 is 0.925 bits per heavy atom. The number of carboxylic acids is 2. The number of aromatic nitrogens is 4. The van der Waals surface area contributed by atoms with Gasteiger partial charge < -0.3 is 20.2 Å². The second-order valence-electron chi connectivity index (χ2n) is 10.7. The summed E-state index contributed by atoms with van der Waals surface area (Å²) in [5, 5.41) is 18.8. The largest absolute Gasteiger partial charge is 0.481 e. The molecule has 5 heterocycles. The van der Waals surface area contributed by atoms with Crippen LogP contribution in [0.3, 0.4) is 0 Å². The number of nitrogens with one attached hydrogen (secondary N) is 2. The minimum absolute atomic E-state index is 0.00287. The van der Waals surface area contributed by atoms with E-state index in [-0.39, 0.29) is 12.8 Å². The zero-order valence-electron chi connectivity index (χ0n) is 23.7. The molecule has 5 rings (SSSR count). The average Bonchev–Trinajstić information content (AvgIpc) is 3.53. The molecule has 2 aliphatic rings. The van der Waals surface area contributed by atoms with Crippen LogP contribution in [-0.2, 0) is 22.4 Å². The van der Waals surface area contributed by atoms with E-state index >= 15 is 0 Å². The second-order valence-corrected chi connectivity index (χ2v) is 10.7. The molecule has 0 spiro atoms. The highest BCUT2D eigenvalue weighted by atomic mass is 16.4. The standard InChI is InChI=1S/C32H34N4O4/c1-15-17(3)25-12-27-19(5)21(7-9-31(37)38)29(35-27)14-30-22(8-10-32(39)40)20(6)28(36-30)13-26-18(4)16(2)24(34-26)11-23(15)33-25/h11-14,35-36H,7-10H2,1-6H3,(H,37,38)(H,39,40). The van der Waals surface area contributed by atoms with Gasteiger partial charge in [0.1, 0.15) is 0 Å². The SMILES string of the molecule is CC1=C(C)c2cc3[nH]c(cc4[nH]c(cc5nc(cc1n2)C(C)=C5C)c(C)c4CCC(=O)O)c(CCC(=O)O)c3C. The van der Waals surface area contributed by atoms with E-state index in [1.807, 2.05) is 38.1 Å². The van der Waals surface area contributed by atoms with Gasteiger partial charge in [-0.15, -0.1) is 0 Å². The number of rotatable bonds is 6. The first kappa shape index (κ1) is 27.1. The van der Waals surface area contributed by atoms with Crippen LogP contribution in [0.15, 0.2) is 24.3 Å². The Morgan fingerprint density at radius 1 is 0.575 bits per heavy atom. The molecule has 2 aliphatic heterocycles. The van der Waals surface area contributed by atoms with Crippen molar-refractivity contribution in [1.29, 1.82) is 0 Å². The fourth-order valence-corrected chi connectivity index (χ4v) is 5.47. The van der Waals surface area contributed by atoms with Crippen molar-refractivity contribution in [2.24, 2.45) is 0 Å². The summed E-state index contributed by atoms with van der Waals surface area (Å²) in [5.41, 5.74) is 14.9. The van der Waals surface area contributed by atoms with E-state index in [9.17, 15) is 19.8 Å². The minimum Gasteiger partial charge on any atom is -0.481 e. The Bertz CT molecular complexity index is 1690. The first-order chi connectivity index (χ1) is 18.9. The number of carboxylic acid groups (broad SMARTS) is 2. The molecule has 8 bridgehead atoms. The molecule has 0 fully saturated rings. The summed E-state index contributed by atoms with van der Waals surface area (Å²) in [5.74, 6) is -1.72. The highest BCUT2D eigenvalue weighted by Crippen LogP contribution is 2.34. The highest BCUT2D eigenvalue weighted by molar-refractivity contribution is 5.94. The van der Waals surface area contributed by atoms with E-state index in [0.29, 0.717) is 12.8 Å². The van der Waals surface area contributed by atoms with Gasteiger partial charge in [-0.2, -0.15) is 0 Å². The maximum absolute atomic E-state index is 11.5. The molecule has 0 saturated carbocycles. The van der Waals surface area contributed by atoms with Crippen LogP contribution in [0.5, 0.6) is 0 Å². The van der Waals surface area contributed by atoms with E-state index in [1.54, 1.807) is 0 Å². The number of hydrogen-bond donors (Lipinski definition) is 4. The molecule has 8 nitrogen and oxygen atoms in total. The lowest BCUT2D eigenvalue weighted by molar-refractivity contribution is -0.138. The van der Waals surface area contributed by atoms with Crippen molar-refractivity contribution in [3.8, 4) is 0 Å². The number of carbonyl (C=O) groups is 2. The molecular weight excluding hydrogens is 504 g/mol. The van der Waals surface area contributed by atoms with Crippen LogP contribution in [0.2, 0.25) is 0 Å². The van der Waals surface area contributed by atoms with Gasteiger partial charge in [0.15, 0.2) is 0 Å². The van der Waals surface area contributed by atoms with Gasteiger partial charge in [-0.25, -0.2) is 9.97 Å².